The third-order valence-electron chi connectivity index (χ3n) is 3.29. The first-order valence-electron chi connectivity index (χ1n) is 5.84. The number of aliphatic imine (C=N–C) groups is 1. The lowest BCUT2D eigenvalue weighted by molar-refractivity contribution is 0.453. The van der Waals surface area contributed by atoms with Crippen LogP contribution < -0.4 is 5.73 Å². The fourth-order valence-electron chi connectivity index (χ4n) is 2.11. The fraction of sp³-hybridized carbons (Fsp3) is 0.909. The van der Waals surface area contributed by atoms with Crippen LogP contribution in [0.4, 0.5) is 0 Å². The summed E-state index contributed by atoms with van der Waals surface area (Å²) < 4.78 is 0. The molecule has 1 heterocycles. The lowest BCUT2D eigenvalue weighted by atomic mass is 10.1. The third-order valence-corrected chi connectivity index (χ3v) is 4.24. The van der Waals surface area contributed by atoms with Crippen molar-refractivity contribution >= 4 is 17.7 Å². The molecule has 1 aliphatic carbocycles. The van der Waals surface area contributed by atoms with Crippen molar-refractivity contribution in [2.24, 2.45) is 22.6 Å². The Hall–Kier alpha value is -0.380. The highest BCUT2D eigenvalue weighted by Crippen LogP contribution is 2.40. The topological polar surface area (TPSA) is 41.6 Å². The molecule has 4 heteroatoms. The number of rotatable bonds is 2. The molecule has 1 saturated carbocycles. The van der Waals surface area contributed by atoms with E-state index in [0.29, 0.717) is 6.04 Å². The van der Waals surface area contributed by atoms with Crippen molar-refractivity contribution < 1.29 is 0 Å². The first-order valence-corrected chi connectivity index (χ1v) is 7.00. The highest BCUT2D eigenvalue weighted by atomic mass is 32.2. The van der Waals surface area contributed by atoms with E-state index in [-0.39, 0.29) is 0 Å². The van der Waals surface area contributed by atoms with Gasteiger partial charge in [-0.05, 0) is 18.3 Å². The molecule has 2 atom stereocenters. The minimum absolute atomic E-state index is 0.513. The number of thioether (sulfide) groups is 1. The number of hydrogen-bond acceptors (Lipinski definition) is 2. The van der Waals surface area contributed by atoms with Crippen LogP contribution in [0.2, 0.25) is 0 Å². The smallest absolute Gasteiger partial charge is 0.191 e. The molecule has 2 fully saturated rings. The van der Waals surface area contributed by atoms with E-state index in [9.17, 15) is 0 Å². The van der Waals surface area contributed by atoms with Crippen LogP contribution in [0.25, 0.3) is 0 Å². The molecule has 86 valence electrons. The summed E-state index contributed by atoms with van der Waals surface area (Å²) in [6.45, 7) is 6.68. The second kappa shape index (κ2) is 4.64. The highest BCUT2D eigenvalue weighted by molar-refractivity contribution is 7.99. The van der Waals surface area contributed by atoms with Crippen LogP contribution in [0.3, 0.4) is 0 Å². The number of nitrogens with two attached hydrogens (primary N) is 1. The lowest BCUT2D eigenvalue weighted by Gasteiger charge is -2.27. The van der Waals surface area contributed by atoms with Crippen LogP contribution in [0, 0.1) is 11.8 Å². The summed E-state index contributed by atoms with van der Waals surface area (Å²) in [5, 5.41) is 0. The first-order chi connectivity index (χ1) is 7.18. The Labute approximate surface area is 96.5 Å². The van der Waals surface area contributed by atoms with Gasteiger partial charge in [-0.3, -0.25) is 0 Å². The summed E-state index contributed by atoms with van der Waals surface area (Å²) in [6, 6.07) is 0.513. The Morgan fingerprint density at radius 3 is 2.60 bits per heavy atom. The van der Waals surface area contributed by atoms with Gasteiger partial charge in [-0.15, -0.1) is 0 Å². The molecule has 0 amide bonds. The average molecular weight is 227 g/mol. The van der Waals surface area contributed by atoms with Crippen molar-refractivity contribution in [2.75, 3.05) is 24.6 Å². The van der Waals surface area contributed by atoms with Gasteiger partial charge in [0.2, 0.25) is 0 Å². The third kappa shape index (κ3) is 2.80. The molecule has 1 saturated heterocycles. The van der Waals surface area contributed by atoms with Crippen molar-refractivity contribution in [3.05, 3.63) is 0 Å². The summed E-state index contributed by atoms with van der Waals surface area (Å²) in [4.78, 5) is 6.85. The molecule has 0 aromatic heterocycles. The molecule has 0 radical (unpaired) electrons. The van der Waals surface area contributed by atoms with E-state index in [1.54, 1.807) is 0 Å². The minimum Gasteiger partial charge on any atom is -0.370 e. The molecule has 1 aliphatic heterocycles. The molecule has 0 bridgehead atoms. The minimum atomic E-state index is 0.513. The fourth-order valence-corrected chi connectivity index (χ4v) is 3.01. The van der Waals surface area contributed by atoms with Crippen molar-refractivity contribution in [3.8, 4) is 0 Å². The Kier molecular flexibility index (Phi) is 3.44. The molecule has 0 unspecified atom stereocenters. The van der Waals surface area contributed by atoms with Gasteiger partial charge >= 0.3 is 0 Å². The molecule has 2 aliphatic rings. The predicted molar refractivity (Wildman–Crippen MR) is 67.3 cm³/mol. The van der Waals surface area contributed by atoms with Crippen LogP contribution >= 0.6 is 11.8 Å². The van der Waals surface area contributed by atoms with E-state index < -0.39 is 0 Å². The quantitative estimate of drug-likeness (QED) is 0.572. The summed E-state index contributed by atoms with van der Waals surface area (Å²) >= 11 is 2.00. The zero-order valence-electron chi connectivity index (χ0n) is 9.65. The molecular formula is C11H21N3S. The van der Waals surface area contributed by atoms with E-state index in [2.05, 4.69) is 23.7 Å². The van der Waals surface area contributed by atoms with Gasteiger partial charge in [0.15, 0.2) is 5.96 Å². The van der Waals surface area contributed by atoms with Gasteiger partial charge in [-0.1, -0.05) is 13.8 Å². The normalized spacial score (nSPS) is 32.2. The number of hydrogen-bond donors (Lipinski definition) is 1. The molecule has 0 aromatic rings. The number of guanidine groups is 1. The van der Waals surface area contributed by atoms with E-state index in [4.69, 9.17) is 5.73 Å². The second-order valence-electron chi connectivity index (χ2n) is 4.80. The maximum Gasteiger partial charge on any atom is 0.191 e. The summed E-state index contributed by atoms with van der Waals surface area (Å²) in [5.41, 5.74) is 6.02. The summed E-state index contributed by atoms with van der Waals surface area (Å²) in [7, 11) is 0. The van der Waals surface area contributed by atoms with Gasteiger partial charge in [0.05, 0.1) is 6.04 Å². The Morgan fingerprint density at radius 2 is 2.07 bits per heavy atom. The molecule has 0 spiro atoms. The predicted octanol–water partition coefficient (Wildman–Crippen LogP) is 1.39. The van der Waals surface area contributed by atoms with Crippen LogP contribution in [0.15, 0.2) is 4.99 Å². The second-order valence-corrected chi connectivity index (χ2v) is 6.02. The Balaban J connectivity index is 1.85. The maximum atomic E-state index is 6.02. The first kappa shape index (κ1) is 11.1. The molecule has 15 heavy (non-hydrogen) atoms. The van der Waals surface area contributed by atoms with Crippen LogP contribution in [-0.2, 0) is 0 Å². The zero-order valence-corrected chi connectivity index (χ0v) is 10.5. The molecular weight excluding hydrogens is 206 g/mol. The summed E-state index contributed by atoms with van der Waals surface area (Å²) in [6.07, 6.45) is 1.24. The van der Waals surface area contributed by atoms with Gasteiger partial charge in [-0.25, -0.2) is 4.99 Å². The molecule has 2 N–H and O–H groups in total. The largest absolute Gasteiger partial charge is 0.370 e. The van der Waals surface area contributed by atoms with Crippen molar-refractivity contribution in [2.45, 2.75) is 26.3 Å². The molecule has 2 rings (SSSR count). The molecule has 0 aromatic carbocycles. The zero-order chi connectivity index (χ0) is 10.8. The maximum absolute atomic E-state index is 6.02. The van der Waals surface area contributed by atoms with E-state index in [1.165, 1.54) is 17.9 Å². The van der Waals surface area contributed by atoms with Gasteiger partial charge in [0.1, 0.15) is 0 Å². The summed E-state index contributed by atoms with van der Waals surface area (Å²) in [5.74, 6) is 4.69. The van der Waals surface area contributed by atoms with Crippen LogP contribution in [0.1, 0.15) is 20.3 Å². The lowest BCUT2D eigenvalue weighted by Crippen LogP contribution is -2.42. The van der Waals surface area contributed by atoms with Crippen molar-refractivity contribution in [3.63, 3.8) is 0 Å². The Morgan fingerprint density at radius 1 is 1.40 bits per heavy atom. The van der Waals surface area contributed by atoms with Crippen molar-refractivity contribution in [1.82, 2.24) is 4.90 Å². The van der Waals surface area contributed by atoms with Gasteiger partial charge < -0.3 is 10.6 Å². The van der Waals surface area contributed by atoms with Gasteiger partial charge in [0, 0.05) is 24.6 Å². The van der Waals surface area contributed by atoms with Gasteiger partial charge in [0.25, 0.3) is 0 Å². The monoisotopic (exact) mass is 227 g/mol. The SMILES string of the molecule is CC(C)[C@@H]1C[C@H]1N=C(N)N1CCSCC1. The van der Waals surface area contributed by atoms with Crippen molar-refractivity contribution in [1.29, 1.82) is 0 Å². The van der Waals surface area contributed by atoms with E-state index in [0.717, 1.165) is 30.9 Å². The van der Waals surface area contributed by atoms with Crippen LogP contribution in [-0.4, -0.2) is 41.5 Å². The Bertz CT molecular complexity index is 246. The van der Waals surface area contributed by atoms with E-state index >= 15 is 0 Å². The van der Waals surface area contributed by atoms with Crippen LogP contribution in [0.5, 0.6) is 0 Å². The van der Waals surface area contributed by atoms with Gasteiger partial charge in [-0.2, -0.15) is 11.8 Å². The number of nitrogens with zero attached hydrogens (tertiary/aromatic N) is 2. The highest BCUT2D eigenvalue weighted by Gasteiger charge is 2.39. The standard InChI is InChI=1S/C11H21N3S/c1-8(2)9-7-10(9)13-11(12)14-3-5-15-6-4-14/h8-10H,3-7H2,1-2H3,(H2,12,13)/t9-,10+/m0/s1. The van der Waals surface area contributed by atoms with E-state index in [1.807, 2.05) is 11.8 Å². The average Bonchev–Trinajstić information content (AvgIpc) is 2.98. The molecule has 3 nitrogen and oxygen atoms in total.